The lowest BCUT2D eigenvalue weighted by Crippen LogP contribution is -2.44. The lowest BCUT2D eigenvalue weighted by atomic mass is 9.75. The Hall–Kier alpha value is -1.60. The van der Waals surface area contributed by atoms with E-state index in [0.717, 1.165) is 38.3 Å². The van der Waals surface area contributed by atoms with Crippen molar-refractivity contribution in [3.63, 3.8) is 0 Å². The highest BCUT2D eigenvalue weighted by Crippen LogP contribution is 2.37. The number of likely N-dealkylation sites (tertiary alicyclic amines) is 1. The molecule has 28 heavy (non-hydrogen) atoms. The molecule has 1 aromatic rings. The van der Waals surface area contributed by atoms with E-state index in [4.69, 9.17) is 4.74 Å². The Morgan fingerprint density at radius 1 is 1.00 bits per heavy atom. The van der Waals surface area contributed by atoms with Gasteiger partial charge >= 0.3 is 0 Å². The van der Waals surface area contributed by atoms with Crippen LogP contribution in [0.2, 0.25) is 0 Å². The molecule has 2 saturated heterocycles. The van der Waals surface area contributed by atoms with Crippen LogP contribution in [0.4, 0.5) is 0 Å². The van der Waals surface area contributed by atoms with E-state index < -0.39 is 10.0 Å². The number of hydrogen-bond donors (Lipinski definition) is 0. The number of nitrogens with zero attached hydrogens (tertiary/aromatic N) is 2. The third kappa shape index (κ3) is 3.66. The van der Waals surface area contributed by atoms with Gasteiger partial charge in [-0.15, -0.1) is 0 Å². The van der Waals surface area contributed by atoms with Crippen molar-refractivity contribution < 1.29 is 17.9 Å². The average Bonchev–Trinajstić information content (AvgIpc) is 3.28. The van der Waals surface area contributed by atoms with Gasteiger partial charge in [-0.25, -0.2) is 8.42 Å². The lowest BCUT2D eigenvalue weighted by molar-refractivity contribution is 0.0520. The molecule has 154 valence electrons. The summed E-state index contributed by atoms with van der Waals surface area (Å²) in [5.74, 6) is 1.58. The first-order chi connectivity index (χ1) is 13.5. The van der Waals surface area contributed by atoms with Gasteiger partial charge in [0.05, 0.1) is 7.11 Å². The van der Waals surface area contributed by atoms with Gasteiger partial charge in [-0.1, -0.05) is 19.3 Å². The minimum Gasteiger partial charge on any atom is -0.495 e. The van der Waals surface area contributed by atoms with E-state index in [1.54, 1.807) is 12.1 Å². The zero-order valence-corrected chi connectivity index (χ0v) is 17.4. The molecular formula is C21H30N2O4S. The van der Waals surface area contributed by atoms with Gasteiger partial charge < -0.3 is 9.64 Å². The number of sulfonamides is 1. The molecule has 7 heteroatoms. The fraction of sp³-hybridized carbons (Fsp3) is 0.667. The van der Waals surface area contributed by atoms with E-state index >= 15 is 0 Å². The summed E-state index contributed by atoms with van der Waals surface area (Å²) in [5, 5.41) is 0. The maximum Gasteiger partial charge on any atom is 0.253 e. The number of amides is 1. The summed E-state index contributed by atoms with van der Waals surface area (Å²) < 4.78 is 33.0. The highest BCUT2D eigenvalue weighted by atomic mass is 32.2. The van der Waals surface area contributed by atoms with Crippen LogP contribution in [0, 0.1) is 11.8 Å². The van der Waals surface area contributed by atoms with Crippen LogP contribution >= 0.6 is 0 Å². The van der Waals surface area contributed by atoms with E-state index in [9.17, 15) is 13.2 Å². The molecule has 1 aliphatic carbocycles. The SMILES string of the molecule is COc1ccc(C(=O)N2CC[C@@H]3CCCC[C@@H]3C2)cc1S(=O)(=O)N1CCCC1. The number of benzene rings is 1. The van der Waals surface area contributed by atoms with E-state index in [1.807, 2.05) is 4.90 Å². The third-order valence-corrected chi connectivity index (χ3v) is 8.59. The molecule has 1 aromatic carbocycles. The molecule has 0 spiro atoms. The number of piperidine rings is 1. The summed E-state index contributed by atoms with van der Waals surface area (Å²) in [6, 6.07) is 4.82. The molecule has 3 fully saturated rings. The first-order valence-electron chi connectivity index (χ1n) is 10.5. The first kappa shape index (κ1) is 19.7. The summed E-state index contributed by atoms with van der Waals surface area (Å²) in [6.07, 6.45) is 7.85. The lowest BCUT2D eigenvalue weighted by Gasteiger charge is -2.41. The second kappa shape index (κ2) is 8.03. The van der Waals surface area contributed by atoms with Gasteiger partial charge in [-0.05, 0) is 55.7 Å². The summed E-state index contributed by atoms with van der Waals surface area (Å²) in [5.41, 5.74) is 0.438. The van der Waals surface area contributed by atoms with E-state index in [2.05, 4.69) is 0 Å². The fourth-order valence-corrected chi connectivity index (χ4v) is 6.75. The number of methoxy groups -OCH3 is 1. The average molecular weight is 407 g/mol. The Kier molecular flexibility index (Phi) is 5.65. The van der Waals surface area contributed by atoms with Gasteiger partial charge in [-0.3, -0.25) is 4.79 Å². The zero-order chi connectivity index (χ0) is 19.7. The van der Waals surface area contributed by atoms with Crippen LogP contribution in [-0.4, -0.2) is 56.8 Å². The number of fused-ring (bicyclic) bond motifs is 1. The van der Waals surface area contributed by atoms with Crippen molar-refractivity contribution in [2.45, 2.75) is 49.8 Å². The van der Waals surface area contributed by atoms with Gasteiger partial charge in [0.2, 0.25) is 10.0 Å². The number of ether oxygens (including phenoxy) is 1. The Balaban J connectivity index is 1.59. The molecule has 4 rings (SSSR count). The number of carbonyl (C=O) groups excluding carboxylic acids is 1. The van der Waals surface area contributed by atoms with Crippen molar-refractivity contribution in [3.8, 4) is 5.75 Å². The molecule has 0 radical (unpaired) electrons. The van der Waals surface area contributed by atoms with Gasteiger partial charge in [-0.2, -0.15) is 4.31 Å². The molecule has 2 heterocycles. The Morgan fingerprint density at radius 2 is 1.71 bits per heavy atom. The second-order valence-electron chi connectivity index (χ2n) is 8.32. The molecule has 0 unspecified atom stereocenters. The predicted molar refractivity (Wildman–Crippen MR) is 107 cm³/mol. The Morgan fingerprint density at radius 3 is 2.43 bits per heavy atom. The topological polar surface area (TPSA) is 66.9 Å². The fourth-order valence-electron chi connectivity index (χ4n) is 5.05. The minimum absolute atomic E-state index is 0.0652. The molecule has 3 aliphatic rings. The minimum atomic E-state index is -3.65. The molecule has 6 nitrogen and oxygen atoms in total. The van der Waals surface area contributed by atoms with Crippen LogP contribution in [0.5, 0.6) is 5.75 Å². The van der Waals surface area contributed by atoms with Crippen LogP contribution in [0.25, 0.3) is 0 Å². The van der Waals surface area contributed by atoms with Gasteiger partial charge in [0.15, 0.2) is 0 Å². The highest BCUT2D eigenvalue weighted by Gasteiger charge is 2.35. The quantitative estimate of drug-likeness (QED) is 0.770. The number of hydrogen-bond acceptors (Lipinski definition) is 4. The third-order valence-electron chi connectivity index (χ3n) is 6.67. The van der Waals surface area contributed by atoms with Crippen molar-refractivity contribution in [2.75, 3.05) is 33.3 Å². The molecule has 0 aromatic heterocycles. The Labute approximate surface area is 167 Å². The van der Waals surface area contributed by atoms with Crippen LogP contribution in [-0.2, 0) is 10.0 Å². The zero-order valence-electron chi connectivity index (χ0n) is 16.6. The van der Waals surface area contributed by atoms with Gasteiger partial charge in [0.1, 0.15) is 10.6 Å². The molecule has 0 bridgehead atoms. The summed E-state index contributed by atoms with van der Waals surface area (Å²) in [6.45, 7) is 2.61. The normalized spacial score (nSPS) is 26.1. The Bertz CT molecular complexity index is 833. The van der Waals surface area contributed by atoms with Gasteiger partial charge in [0, 0.05) is 31.7 Å². The monoisotopic (exact) mass is 406 g/mol. The highest BCUT2D eigenvalue weighted by molar-refractivity contribution is 7.89. The van der Waals surface area contributed by atoms with Crippen LogP contribution in [0.1, 0.15) is 55.3 Å². The van der Waals surface area contributed by atoms with Gasteiger partial charge in [0.25, 0.3) is 5.91 Å². The molecule has 1 saturated carbocycles. The molecule has 0 N–H and O–H groups in total. The largest absolute Gasteiger partial charge is 0.495 e. The molecular weight excluding hydrogens is 376 g/mol. The summed E-state index contributed by atoms with van der Waals surface area (Å²) in [4.78, 5) is 15.2. The van der Waals surface area contributed by atoms with Crippen molar-refractivity contribution >= 4 is 15.9 Å². The van der Waals surface area contributed by atoms with Crippen molar-refractivity contribution in [1.29, 1.82) is 0 Å². The van der Waals surface area contributed by atoms with E-state index in [0.29, 0.717) is 30.3 Å². The van der Waals surface area contributed by atoms with Crippen LogP contribution in [0.3, 0.4) is 0 Å². The summed E-state index contributed by atoms with van der Waals surface area (Å²) >= 11 is 0. The smallest absolute Gasteiger partial charge is 0.253 e. The van der Waals surface area contributed by atoms with Crippen molar-refractivity contribution in [2.24, 2.45) is 11.8 Å². The van der Waals surface area contributed by atoms with E-state index in [-0.39, 0.29) is 10.8 Å². The molecule has 2 atom stereocenters. The molecule has 2 aliphatic heterocycles. The van der Waals surface area contributed by atoms with E-state index in [1.165, 1.54) is 43.2 Å². The standard InChI is InChI=1S/C21H30N2O4S/c1-27-19-9-8-17(14-20(19)28(25,26)23-11-4-5-12-23)21(24)22-13-10-16-6-2-3-7-18(16)15-22/h8-9,14,16,18H,2-7,10-13,15H2,1H3/t16-,18+/m0/s1. The number of rotatable bonds is 4. The van der Waals surface area contributed by atoms with Crippen LogP contribution < -0.4 is 4.74 Å². The van der Waals surface area contributed by atoms with Crippen molar-refractivity contribution in [1.82, 2.24) is 9.21 Å². The maximum absolute atomic E-state index is 13.2. The molecule has 1 amide bonds. The predicted octanol–water partition coefficient (Wildman–Crippen LogP) is 3.13. The number of carbonyl (C=O) groups is 1. The summed E-state index contributed by atoms with van der Waals surface area (Å²) in [7, 11) is -2.18. The second-order valence-corrected chi connectivity index (χ2v) is 10.2. The first-order valence-corrected chi connectivity index (χ1v) is 11.9. The maximum atomic E-state index is 13.2. The van der Waals surface area contributed by atoms with Crippen molar-refractivity contribution in [3.05, 3.63) is 23.8 Å². The van der Waals surface area contributed by atoms with Crippen LogP contribution in [0.15, 0.2) is 23.1 Å².